The molecule has 0 aromatic rings. The Bertz CT molecular complexity index is 79.0. The van der Waals surface area contributed by atoms with Crippen molar-refractivity contribution in [3.63, 3.8) is 0 Å². The topological polar surface area (TPSA) is 27.6 Å². The lowest BCUT2D eigenvalue weighted by molar-refractivity contribution is 0.380. The van der Waals surface area contributed by atoms with Crippen molar-refractivity contribution in [1.82, 2.24) is 10.4 Å². The summed E-state index contributed by atoms with van der Waals surface area (Å²) in [6, 6.07) is 0. The molecule has 0 fully saturated rings. The fourth-order valence-corrected chi connectivity index (χ4v) is 0.549. The molecule has 0 amide bonds. The van der Waals surface area contributed by atoms with Crippen LogP contribution in [0.3, 0.4) is 0 Å². The molecule has 0 radical (unpaired) electrons. The maximum atomic E-state index is 3.97. The Morgan fingerprint density at radius 1 is 1.86 bits per heavy atom. The van der Waals surface area contributed by atoms with Crippen LogP contribution in [0.5, 0.6) is 0 Å². The minimum atomic E-state index is 0.931. The number of hydrazine groups is 1. The fourth-order valence-electron chi connectivity index (χ4n) is 0.549. The maximum absolute atomic E-state index is 3.97. The first-order valence-corrected chi connectivity index (χ1v) is 2.37. The van der Waals surface area contributed by atoms with Gasteiger partial charge in [-0.25, -0.2) is 5.43 Å². The molecule has 0 unspecified atom stereocenters. The zero-order valence-corrected chi connectivity index (χ0v) is 4.39. The first-order valence-electron chi connectivity index (χ1n) is 2.37. The molecule has 0 saturated heterocycles. The van der Waals surface area contributed by atoms with Gasteiger partial charge in [0.1, 0.15) is 0 Å². The van der Waals surface area contributed by atoms with E-state index in [9.17, 15) is 0 Å². The highest BCUT2D eigenvalue weighted by Crippen LogP contribution is 1.84. The van der Waals surface area contributed by atoms with E-state index in [0.717, 1.165) is 13.1 Å². The fraction of sp³-hybridized carbons (Fsp3) is 0.750. The second kappa shape index (κ2) is 1.93. The van der Waals surface area contributed by atoms with Crippen LogP contribution in [0.15, 0.2) is 4.99 Å². The van der Waals surface area contributed by atoms with E-state index >= 15 is 0 Å². The summed E-state index contributed by atoms with van der Waals surface area (Å²) >= 11 is 0. The van der Waals surface area contributed by atoms with E-state index in [1.165, 1.54) is 0 Å². The zero-order chi connectivity index (χ0) is 5.11. The molecule has 0 saturated carbocycles. The van der Waals surface area contributed by atoms with Crippen LogP contribution < -0.4 is 5.43 Å². The lowest BCUT2D eigenvalue weighted by atomic mass is 10.7. The Hall–Kier alpha value is -0.570. The smallest absolute Gasteiger partial charge is 0.0993 e. The van der Waals surface area contributed by atoms with Gasteiger partial charge in [-0.15, -0.1) is 0 Å². The van der Waals surface area contributed by atoms with E-state index in [2.05, 4.69) is 10.4 Å². The first-order chi connectivity index (χ1) is 3.43. The molecule has 0 aliphatic carbocycles. The van der Waals surface area contributed by atoms with Gasteiger partial charge in [-0.3, -0.25) is 10.0 Å². The third-order valence-corrected chi connectivity index (χ3v) is 0.978. The predicted molar refractivity (Wildman–Crippen MR) is 29.1 cm³/mol. The van der Waals surface area contributed by atoms with Crippen LogP contribution in [0.1, 0.15) is 0 Å². The average Bonchev–Trinajstić information content (AvgIpc) is 2.14. The molecule has 0 atom stereocenters. The molecule has 1 heterocycles. The van der Waals surface area contributed by atoms with Gasteiger partial charge >= 0.3 is 0 Å². The molecule has 3 heteroatoms. The van der Waals surface area contributed by atoms with Gasteiger partial charge in [0.15, 0.2) is 0 Å². The van der Waals surface area contributed by atoms with E-state index in [1.54, 1.807) is 6.34 Å². The Labute approximate surface area is 43.0 Å². The third kappa shape index (κ3) is 0.899. The lowest BCUT2D eigenvalue weighted by Gasteiger charge is -2.08. The van der Waals surface area contributed by atoms with E-state index in [1.807, 2.05) is 12.1 Å². The van der Waals surface area contributed by atoms with Gasteiger partial charge in [-0.05, 0) is 0 Å². The van der Waals surface area contributed by atoms with Gasteiger partial charge in [0.05, 0.1) is 19.4 Å². The largest absolute Gasteiger partial charge is 0.297 e. The molecule has 3 nitrogen and oxygen atoms in total. The van der Waals surface area contributed by atoms with Gasteiger partial charge in [0.25, 0.3) is 0 Å². The summed E-state index contributed by atoms with van der Waals surface area (Å²) in [6.07, 6.45) is 1.81. The monoisotopic (exact) mass is 99.1 g/mol. The van der Waals surface area contributed by atoms with Gasteiger partial charge in [0.2, 0.25) is 0 Å². The Morgan fingerprint density at radius 2 is 2.71 bits per heavy atom. The minimum Gasteiger partial charge on any atom is -0.297 e. The molecular weight excluding hydrogens is 90.1 g/mol. The van der Waals surface area contributed by atoms with Crippen LogP contribution in [-0.2, 0) is 0 Å². The van der Waals surface area contributed by atoms with Crippen molar-refractivity contribution in [1.29, 1.82) is 0 Å². The number of hydrogen-bond donors (Lipinski definition) is 1. The van der Waals surface area contributed by atoms with Gasteiger partial charge in [0, 0.05) is 7.05 Å². The normalized spacial score (nSPS) is 18.7. The molecule has 0 aromatic carbocycles. The quantitative estimate of drug-likeness (QED) is 0.478. The number of aliphatic imine (C=N–C) groups is 1. The number of nitrogens with zero attached hydrogens (tertiary/aromatic N) is 2. The summed E-state index contributed by atoms with van der Waals surface area (Å²) in [7, 11) is 1.89. The molecule has 1 aliphatic rings. The van der Waals surface area contributed by atoms with E-state index in [0.29, 0.717) is 0 Å². The molecule has 0 spiro atoms. The maximum Gasteiger partial charge on any atom is 0.0993 e. The summed E-state index contributed by atoms with van der Waals surface area (Å²) in [5, 5.41) is 1.94. The van der Waals surface area contributed by atoms with Crippen LogP contribution >= 0.6 is 0 Å². The first kappa shape index (κ1) is 4.59. The number of rotatable bonds is 1. The van der Waals surface area contributed by atoms with E-state index in [-0.39, 0.29) is 0 Å². The number of hydrogen-bond acceptors (Lipinski definition) is 3. The SMILES string of the molecule is CNN1C=NCC1. The second-order valence-corrected chi connectivity index (χ2v) is 1.44. The highest BCUT2D eigenvalue weighted by atomic mass is 15.5. The predicted octanol–water partition coefficient (Wildman–Crippen LogP) is -0.535. The summed E-state index contributed by atoms with van der Waals surface area (Å²) in [5.74, 6) is 0. The highest BCUT2D eigenvalue weighted by Gasteiger charge is 1.98. The second-order valence-electron chi connectivity index (χ2n) is 1.44. The van der Waals surface area contributed by atoms with Crippen molar-refractivity contribution in [2.45, 2.75) is 0 Å². The molecular formula is C4H9N3. The number of nitrogens with one attached hydrogen (secondary N) is 1. The Kier molecular flexibility index (Phi) is 1.26. The molecule has 7 heavy (non-hydrogen) atoms. The van der Waals surface area contributed by atoms with Crippen LogP contribution in [0, 0.1) is 0 Å². The molecule has 0 aromatic heterocycles. The van der Waals surface area contributed by atoms with Crippen LogP contribution in [-0.4, -0.2) is 31.5 Å². The third-order valence-electron chi connectivity index (χ3n) is 0.978. The summed E-state index contributed by atoms with van der Waals surface area (Å²) in [6.45, 7) is 1.94. The highest BCUT2D eigenvalue weighted by molar-refractivity contribution is 5.56. The van der Waals surface area contributed by atoms with Crippen LogP contribution in [0.4, 0.5) is 0 Å². The van der Waals surface area contributed by atoms with Crippen molar-refractivity contribution in [2.24, 2.45) is 4.99 Å². The van der Waals surface area contributed by atoms with E-state index < -0.39 is 0 Å². The average molecular weight is 99.1 g/mol. The molecule has 0 bridgehead atoms. The van der Waals surface area contributed by atoms with Crippen LogP contribution in [0.2, 0.25) is 0 Å². The van der Waals surface area contributed by atoms with Crippen molar-refractivity contribution >= 4 is 6.34 Å². The van der Waals surface area contributed by atoms with Crippen molar-refractivity contribution in [2.75, 3.05) is 20.1 Å². The summed E-state index contributed by atoms with van der Waals surface area (Å²) in [5.41, 5.74) is 2.95. The molecule has 1 rings (SSSR count). The zero-order valence-electron chi connectivity index (χ0n) is 4.39. The van der Waals surface area contributed by atoms with Crippen molar-refractivity contribution < 1.29 is 0 Å². The summed E-state index contributed by atoms with van der Waals surface area (Å²) in [4.78, 5) is 3.97. The molecule has 1 N–H and O–H groups in total. The van der Waals surface area contributed by atoms with Crippen LogP contribution in [0.25, 0.3) is 0 Å². The summed E-state index contributed by atoms with van der Waals surface area (Å²) < 4.78 is 0. The Balaban J connectivity index is 2.28. The van der Waals surface area contributed by atoms with Gasteiger partial charge in [-0.2, -0.15) is 0 Å². The van der Waals surface area contributed by atoms with Crippen molar-refractivity contribution in [3.8, 4) is 0 Å². The molecule has 40 valence electrons. The van der Waals surface area contributed by atoms with Gasteiger partial charge in [-0.1, -0.05) is 0 Å². The van der Waals surface area contributed by atoms with E-state index in [4.69, 9.17) is 0 Å². The molecule has 1 aliphatic heterocycles. The Morgan fingerprint density at radius 3 is 3.00 bits per heavy atom. The minimum absolute atomic E-state index is 0.931. The van der Waals surface area contributed by atoms with Gasteiger partial charge < -0.3 is 0 Å². The lowest BCUT2D eigenvalue weighted by Crippen LogP contribution is -2.31. The standard InChI is InChI=1S/C4H9N3/c1-5-7-3-2-6-4-7/h4-5H,2-3H2,1H3. The van der Waals surface area contributed by atoms with Crippen molar-refractivity contribution in [3.05, 3.63) is 0 Å².